The summed E-state index contributed by atoms with van der Waals surface area (Å²) in [5.41, 5.74) is 1.78. The van der Waals surface area contributed by atoms with Gasteiger partial charge < -0.3 is 9.11 Å². The standard InChI is InChI=1S/C15H21NO6S2.Na/c1-4-16-11(2)15(3,8-5-9-23(17,18)19)13-10-12(24(20,21)22)6-7-14(13)16;/h6-7,10H,4-5,8-9H2,1-3H3,(H-,17,18,19,20,21,22);/q;+1/p-1. The molecule has 0 aromatic heterocycles. The number of hydrogen-bond donors (Lipinski definition) is 0. The van der Waals surface area contributed by atoms with Gasteiger partial charge in [0.05, 0.1) is 20.4 Å². The monoisotopic (exact) mass is 397 g/mol. The van der Waals surface area contributed by atoms with Crippen LogP contribution in [-0.4, -0.2) is 48.5 Å². The molecule has 0 bridgehead atoms. The Bertz CT molecular complexity index is 908. The van der Waals surface area contributed by atoms with E-state index < -0.39 is 31.4 Å². The van der Waals surface area contributed by atoms with Crippen LogP contribution in [0.2, 0.25) is 0 Å². The van der Waals surface area contributed by atoms with E-state index in [2.05, 4.69) is 0 Å². The van der Waals surface area contributed by atoms with Crippen molar-refractivity contribution < 1.29 is 60.1 Å². The van der Waals surface area contributed by atoms with Gasteiger partial charge in [-0.3, -0.25) is 0 Å². The van der Waals surface area contributed by atoms with Crippen LogP contribution in [0.25, 0.3) is 0 Å². The van der Waals surface area contributed by atoms with Gasteiger partial charge >= 0.3 is 29.6 Å². The third-order valence-corrected chi connectivity index (χ3v) is 6.35. The molecule has 0 amide bonds. The molecule has 0 fully saturated rings. The minimum Gasteiger partial charge on any atom is -0.748 e. The largest absolute Gasteiger partial charge is 1.00 e. The fourth-order valence-corrected chi connectivity index (χ4v) is 4.34. The summed E-state index contributed by atoms with van der Waals surface area (Å²) in [6.45, 7) is 6.35. The van der Waals surface area contributed by atoms with Crippen LogP contribution < -0.4 is 29.6 Å². The first-order valence-electron chi connectivity index (χ1n) is 7.55. The number of fused-ring (bicyclic) bond motifs is 1. The number of nitrogens with zero attached hydrogens (tertiary/aromatic N) is 1. The molecule has 1 aliphatic heterocycles. The summed E-state index contributed by atoms with van der Waals surface area (Å²) in [7, 11) is -8.89. The van der Waals surface area contributed by atoms with Gasteiger partial charge in [0, 0.05) is 24.3 Å². The zero-order valence-corrected chi connectivity index (χ0v) is 18.4. The Hall–Kier alpha value is -0.290. The van der Waals surface area contributed by atoms with Crippen molar-refractivity contribution >= 4 is 31.6 Å². The van der Waals surface area contributed by atoms with Crippen LogP contribution in [0.3, 0.4) is 0 Å². The summed E-state index contributed by atoms with van der Waals surface area (Å²) < 4.78 is 68.5. The first kappa shape index (κ1) is 22.8. The van der Waals surface area contributed by atoms with Crippen molar-refractivity contribution in [1.82, 2.24) is 0 Å². The first-order chi connectivity index (χ1) is 10.9. The summed E-state index contributed by atoms with van der Waals surface area (Å²) >= 11 is 0. The molecule has 1 aromatic rings. The van der Waals surface area contributed by atoms with E-state index in [0.29, 0.717) is 18.5 Å². The summed E-state index contributed by atoms with van der Waals surface area (Å²) in [6, 6.07) is 4.25. The molecule has 1 aromatic carbocycles. The van der Waals surface area contributed by atoms with Gasteiger partial charge in [-0.1, -0.05) is 0 Å². The second-order valence-corrected chi connectivity index (χ2v) is 9.06. The van der Waals surface area contributed by atoms with Crippen molar-refractivity contribution in [2.45, 2.75) is 43.9 Å². The summed E-state index contributed by atoms with van der Waals surface area (Å²) in [5.74, 6) is -0.475. The molecular weight excluding hydrogens is 377 g/mol. The number of benzene rings is 1. The fourth-order valence-electron chi connectivity index (χ4n) is 3.35. The molecule has 1 aliphatic rings. The molecule has 1 heterocycles. The van der Waals surface area contributed by atoms with Crippen molar-refractivity contribution in [3.8, 4) is 0 Å². The molecule has 2 rings (SSSR count). The Morgan fingerprint density at radius 3 is 2.24 bits per heavy atom. The van der Waals surface area contributed by atoms with Crippen molar-refractivity contribution in [1.29, 1.82) is 0 Å². The predicted octanol–water partition coefficient (Wildman–Crippen LogP) is -1.68. The molecule has 1 unspecified atom stereocenters. The van der Waals surface area contributed by atoms with Crippen LogP contribution >= 0.6 is 0 Å². The molecular formula is C15H20NNaO6S2. The Morgan fingerprint density at radius 2 is 1.76 bits per heavy atom. The van der Waals surface area contributed by atoms with E-state index in [1.54, 1.807) is 6.07 Å². The number of rotatable bonds is 6. The summed E-state index contributed by atoms with van der Waals surface area (Å²) in [6.07, 6.45) is 0.525. The van der Waals surface area contributed by atoms with Crippen LogP contribution in [0, 0.1) is 0 Å². The molecule has 0 saturated carbocycles. The second kappa shape index (κ2) is 7.75. The zero-order chi connectivity index (χ0) is 18.3. The Balaban J connectivity index is 0.00000312. The van der Waals surface area contributed by atoms with Gasteiger partial charge in [0.2, 0.25) is 5.69 Å². The molecule has 0 saturated heterocycles. The quantitative estimate of drug-likeness (QED) is 0.321. The molecule has 0 spiro atoms. The molecule has 0 N–H and O–H groups in total. The van der Waals surface area contributed by atoms with Crippen molar-refractivity contribution in [2.24, 2.45) is 0 Å². The molecule has 10 heteroatoms. The fraction of sp³-hybridized carbons (Fsp3) is 0.533. The minimum atomic E-state index is -4.58. The maximum atomic E-state index is 11.3. The van der Waals surface area contributed by atoms with Crippen molar-refractivity contribution in [3.05, 3.63) is 23.8 Å². The molecule has 0 aliphatic carbocycles. The van der Waals surface area contributed by atoms with E-state index in [-0.39, 0.29) is 40.9 Å². The van der Waals surface area contributed by atoms with Gasteiger partial charge in [0.25, 0.3) is 0 Å². The second-order valence-electron chi connectivity index (χ2n) is 6.16. The average molecular weight is 397 g/mol. The van der Waals surface area contributed by atoms with Gasteiger partial charge in [-0.05, 0) is 38.8 Å². The van der Waals surface area contributed by atoms with E-state index >= 15 is 0 Å². The third kappa shape index (κ3) is 4.71. The van der Waals surface area contributed by atoms with E-state index in [9.17, 15) is 25.9 Å². The molecule has 0 radical (unpaired) electrons. The zero-order valence-electron chi connectivity index (χ0n) is 14.8. The maximum absolute atomic E-state index is 11.3. The summed E-state index contributed by atoms with van der Waals surface area (Å²) in [4.78, 5) is -0.310. The van der Waals surface area contributed by atoms with Gasteiger partial charge in [-0.25, -0.2) is 16.8 Å². The topological polar surface area (TPSA) is 117 Å². The first-order valence-corrected chi connectivity index (χ1v) is 10.5. The number of hydrogen-bond acceptors (Lipinski definition) is 6. The van der Waals surface area contributed by atoms with Gasteiger partial charge in [0.1, 0.15) is 16.7 Å². The van der Waals surface area contributed by atoms with Crippen LogP contribution in [0.4, 0.5) is 5.69 Å². The van der Waals surface area contributed by atoms with E-state index in [1.165, 1.54) is 12.1 Å². The smallest absolute Gasteiger partial charge is 0.748 e. The van der Waals surface area contributed by atoms with Crippen LogP contribution in [0.1, 0.15) is 39.2 Å². The average Bonchev–Trinajstić information content (AvgIpc) is 2.65. The summed E-state index contributed by atoms with van der Waals surface area (Å²) in [5, 5.41) is 0. The van der Waals surface area contributed by atoms with Gasteiger partial charge in [-0.2, -0.15) is 4.58 Å². The van der Waals surface area contributed by atoms with Crippen molar-refractivity contribution in [3.63, 3.8) is 0 Å². The van der Waals surface area contributed by atoms with Gasteiger partial charge in [-0.15, -0.1) is 0 Å². The molecule has 25 heavy (non-hydrogen) atoms. The Kier molecular flexibility index (Phi) is 7.06. The normalized spacial score (nSPS) is 20.4. The van der Waals surface area contributed by atoms with Crippen molar-refractivity contribution in [2.75, 3.05) is 12.3 Å². The Labute approximate surface area is 170 Å². The van der Waals surface area contributed by atoms with E-state index in [4.69, 9.17) is 0 Å². The predicted molar refractivity (Wildman–Crippen MR) is 86.7 cm³/mol. The van der Waals surface area contributed by atoms with Gasteiger partial charge in [0.15, 0.2) is 5.71 Å². The molecule has 1 atom stereocenters. The third-order valence-electron chi connectivity index (χ3n) is 4.73. The minimum absolute atomic E-state index is 0. The van der Waals surface area contributed by atoms with E-state index in [1.807, 2.05) is 25.3 Å². The maximum Gasteiger partial charge on any atom is 1.00 e. The van der Waals surface area contributed by atoms with Crippen LogP contribution in [0.5, 0.6) is 0 Å². The molecule has 7 nitrogen and oxygen atoms in total. The van der Waals surface area contributed by atoms with E-state index in [0.717, 1.165) is 11.4 Å². The van der Waals surface area contributed by atoms with Crippen LogP contribution in [0.15, 0.2) is 23.1 Å². The SMILES string of the molecule is CC[N+]1=C(C)C(C)(CCCS(=O)(=O)[O-])c2cc(S(=O)(=O)[O-])ccc21.[Na+]. The van der Waals surface area contributed by atoms with Crippen LogP contribution in [-0.2, 0) is 25.7 Å². The Morgan fingerprint density at radius 1 is 1.16 bits per heavy atom. The molecule has 134 valence electrons.